The molecule has 0 aliphatic rings. The summed E-state index contributed by atoms with van der Waals surface area (Å²) < 4.78 is 1.75. The Morgan fingerprint density at radius 2 is 1.90 bits per heavy atom. The Hall–Kier alpha value is -2.49. The van der Waals surface area contributed by atoms with Crippen molar-refractivity contribution in [1.82, 2.24) is 9.38 Å². The molecule has 0 atom stereocenters. The van der Waals surface area contributed by atoms with Crippen LogP contribution >= 0.6 is 0 Å². The fourth-order valence-corrected chi connectivity index (χ4v) is 2.54. The SMILES string of the molecule is Cc1ccc(-c2nc3c(C)cccn3c2N=O)c(C)c1. The minimum Gasteiger partial charge on any atom is -0.281 e. The van der Waals surface area contributed by atoms with Gasteiger partial charge in [0.25, 0.3) is 0 Å². The van der Waals surface area contributed by atoms with Gasteiger partial charge in [-0.3, -0.25) is 4.40 Å². The molecule has 0 bridgehead atoms. The summed E-state index contributed by atoms with van der Waals surface area (Å²) in [5.41, 5.74) is 5.67. The molecule has 3 rings (SSSR count). The van der Waals surface area contributed by atoms with E-state index in [1.165, 1.54) is 5.56 Å². The number of imidazole rings is 1. The van der Waals surface area contributed by atoms with E-state index in [0.717, 1.165) is 22.3 Å². The van der Waals surface area contributed by atoms with Crippen LogP contribution in [-0.4, -0.2) is 9.38 Å². The van der Waals surface area contributed by atoms with Crippen LogP contribution < -0.4 is 0 Å². The van der Waals surface area contributed by atoms with E-state index in [0.29, 0.717) is 11.5 Å². The van der Waals surface area contributed by atoms with Crippen molar-refractivity contribution in [2.24, 2.45) is 5.18 Å². The monoisotopic (exact) mass is 265 g/mol. The molecule has 2 aromatic heterocycles. The molecule has 20 heavy (non-hydrogen) atoms. The molecule has 0 N–H and O–H groups in total. The van der Waals surface area contributed by atoms with E-state index < -0.39 is 0 Å². The molecule has 0 fully saturated rings. The van der Waals surface area contributed by atoms with E-state index in [1.807, 2.05) is 51.2 Å². The predicted molar refractivity (Wildman–Crippen MR) is 80.3 cm³/mol. The Morgan fingerprint density at radius 1 is 1.10 bits per heavy atom. The fraction of sp³-hybridized carbons (Fsp3) is 0.188. The zero-order chi connectivity index (χ0) is 14.3. The summed E-state index contributed by atoms with van der Waals surface area (Å²) in [5, 5.41) is 3.19. The standard InChI is InChI=1S/C16H15N3O/c1-10-6-7-13(12(3)9-10)14-16(18-20)19-8-4-5-11(2)15(19)17-14/h4-9H,1-3H3. The first-order valence-electron chi connectivity index (χ1n) is 6.50. The van der Waals surface area contributed by atoms with Crippen LogP contribution in [0.2, 0.25) is 0 Å². The van der Waals surface area contributed by atoms with Crippen molar-refractivity contribution in [3.8, 4) is 11.3 Å². The number of aryl methyl sites for hydroxylation is 3. The lowest BCUT2D eigenvalue weighted by Crippen LogP contribution is -1.85. The molecule has 2 heterocycles. The molecule has 0 saturated carbocycles. The van der Waals surface area contributed by atoms with Crippen molar-refractivity contribution in [1.29, 1.82) is 0 Å². The molecule has 0 radical (unpaired) electrons. The number of rotatable bonds is 2. The predicted octanol–water partition coefficient (Wildman–Crippen LogP) is 4.32. The Labute approximate surface area is 117 Å². The highest BCUT2D eigenvalue weighted by molar-refractivity contribution is 5.77. The average molecular weight is 265 g/mol. The van der Waals surface area contributed by atoms with E-state index >= 15 is 0 Å². The fourth-order valence-electron chi connectivity index (χ4n) is 2.54. The zero-order valence-electron chi connectivity index (χ0n) is 11.7. The van der Waals surface area contributed by atoms with Gasteiger partial charge in [0.2, 0.25) is 5.82 Å². The third-order valence-electron chi connectivity index (χ3n) is 3.54. The van der Waals surface area contributed by atoms with Crippen LogP contribution in [0.4, 0.5) is 5.82 Å². The second-order valence-corrected chi connectivity index (χ2v) is 5.08. The van der Waals surface area contributed by atoms with Crippen LogP contribution in [0.1, 0.15) is 16.7 Å². The zero-order valence-corrected chi connectivity index (χ0v) is 11.7. The van der Waals surface area contributed by atoms with E-state index in [1.54, 1.807) is 4.40 Å². The molecule has 0 saturated heterocycles. The quantitative estimate of drug-likeness (QED) is 0.647. The molecule has 0 aliphatic heterocycles. The smallest absolute Gasteiger partial charge is 0.209 e. The second-order valence-electron chi connectivity index (χ2n) is 5.08. The van der Waals surface area contributed by atoms with Gasteiger partial charge in [0.1, 0.15) is 11.3 Å². The Kier molecular flexibility index (Phi) is 2.86. The van der Waals surface area contributed by atoms with Gasteiger partial charge in [-0.1, -0.05) is 29.8 Å². The molecule has 4 heteroatoms. The average Bonchev–Trinajstić information content (AvgIpc) is 2.78. The molecular weight excluding hydrogens is 250 g/mol. The molecule has 3 aromatic rings. The van der Waals surface area contributed by atoms with Crippen LogP contribution in [0.25, 0.3) is 16.9 Å². The van der Waals surface area contributed by atoms with Crippen LogP contribution in [0.15, 0.2) is 41.7 Å². The molecule has 0 unspecified atom stereocenters. The lowest BCUT2D eigenvalue weighted by atomic mass is 10.0. The Morgan fingerprint density at radius 3 is 2.60 bits per heavy atom. The van der Waals surface area contributed by atoms with Gasteiger partial charge in [-0.25, -0.2) is 4.98 Å². The number of nitroso groups, excluding NO2 is 1. The maximum Gasteiger partial charge on any atom is 0.209 e. The summed E-state index contributed by atoms with van der Waals surface area (Å²) in [6.45, 7) is 6.04. The van der Waals surface area contributed by atoms with E-state index in [9.17, 15) is 4.91 Å². The number of fused-ring (bicyclic) bond motifs is 1. The van der Waals surface area contributed by atoms with Gasteiger partial charge in [0.05, 0.1) is 0 Å². The van der Waals surface area contributed by atoms with Crippen LogP contribution in [-0.2, 0) is 0 Å². The van der Waals surface area contributed by atoms with E-state index in [2.05, 4.69) is 16.2 Å². The van der Waals surface area contributed by atoms with Gasteiger partial charge in [-0.15, -0.1) is 4.91 Å². The summed E-state index contributed by atoms with van der Waals surface area (Å²) in [4.78, 5) is 15.9. The summed E-state index contributed by atoms with van der Waals surface area (Å²) in [6.07, 6.45) is 1.82. The van der Waals surface area contributed by atoms with Crippen LogP contribution in [0.5, 0.6) is 0 Å². The van der Waals surface area contributed by atoms with Gasteiger partial charge in [-0.2, -0.15) is 0 Å². The lowest BCUT2D eigenvalue weighted by Gasteiger charge is -2.04. The molecular formula is C16H15N3O. The number of nitrogens with zero attached hydrogens (tertiary/aromatic N) is 3. The third-order valence-corrected chi connectivity index (χ3v) is 3.54. The summed E-state index contributed by atoms with van der Waals surface area (Å²) in [5.74, 6) is 0.357. The maximum atomic E-state index is 11.3. The number of pyridine rings is 1. The van der Waals surface area contributed by atoms with Gasteiger partial charge in [0, 0.05) is 11.8 Å². The molecule has 1 aromatic carbocycles. The summed E-state index contributed by atoms with van der Waals surface area (Å²) in [6, 6.07) is 9.97. The number of hydrogen-bond acceptors (Lipinski definition) is 3. The molecule has 0 spiro atoms. The minimum absolute atomic E-state index is 0.357. The van der Waals surface area contributed by atoms with Gasteiger partial charge < -0.3 is 0 Å². The van der Waals surface area contributed by atoms with Crippen molar-refractivity contribution in [3.05, 3.63) is 58.1 Å². The number of benzene rings is 1. The van der Waals surface area contributed by atoms with Crippen LogP contribution in [0, 0.1) is 25.7 Å². The van der Waals surface area contributed by atoms with Crippen molar-refractivity contribution in [2.45, 2.75) is 20.8 Å². The van der Waals surface area contributed by atoms with Crippen molar-refractivity contribution >= 4 is 11.5 Å². The molecule has 0 amide bonds. The van der Waals surface area contributed by atoms with Crippen molar-refractivity contribution in [2.75, 3.05) is 0 Å². The molecule has 100 valence electrons. The largest absolute Gasteiger partial charge is 0.281 e. The van der Waals surface area contributed by atoms with E-state index in [4.69, 9.17) is 0 Å². The maximum absolute atomic E-state index is 11.3. The second kappa shape index (κ2) is 4.56. The Bertz CT molecular complexity index is 818. The minimum atomic E-state index is 0.357. The topological polar surface area (TPSA) is 46.7 Å². The third kappa shape index (κ3) is 1.81. The van der Waals surface area contributed by atoms with E-state index in [-0.39, 0.29) is 0 Å². The Balaban J connectivity index is 2.36. The van der Waals surface area contributed by atoms with Crippen LogP contribution in [0.3, 0.4) is 0 Å². The highest BCUT2D eigenvalue weighted by atomic mass is 16.3. The van der Waals surface area contributed by atoms with Crippen molar-refractivity contribution < 1.29 is 0 Å². The van der Waals surface area contributed by atoms with Gasteiger partial charge in [-0.05, 0) is 43.1 Å². The van der Waals surface area contributed by atoms with Crippen molar-refractivity contribution in [3.63, 3.8) is 0 Å². The molecule has 4 nitrogen and oxygen atoms in total. The lowest BCUT2D eigenvalue weighted by molar-refractivity contribution is 1.14. The summed E-state index contributed by atoms with van der Waals surface area (Å²) in [7, 11) is 0. The normalized spacial score (nSPS) is 10.9. The highest BCUT2D eigenvalue weighted by Crippen LogP contribution is 2.33. The number of hydrogen-bond donors (Lipinski definition) is 0. The first-order chi connectivity index (χ1) is 9.61. The highest BCUT2D eigenvalue weighted by Gasteiger charge is 2.17. The summed E-state index contributed by atoms with van der Waals surface area (Å²) >= 11 is 0. The van der Waals surface area contributed by atoms with Gasteiger partial charge >= 0.3 is 0 Å². The first kappa shape index (κ1) is 12.5. The number of aromatic nitrogens is 2. The van der Waals surface area contributed by atoms with Gasteiger partial charge in [0.15, 0.2) is 0 Å². The molecule has 0 aliphatic carbocycles. The first-order valence-corrected chi connectivity index (χ1v) is 6.50.